The third-order valence-electron chi connectivity index (χ3n) is 5.58. The van der Waals surface area contributed by atoms with Crippen molar-refractivity contribution in [1.29, 1.82) is 0 Å². The van der Waals surface area contributed by atoms with Crippen molar-refractivity contribution < 1.29 is 4.79 Å². The lowest BCUT2D eigenvalue weighted by Crippen LogP contribution is -2.14. The first-order chi connectivity index (χ1) is 15.1. The number of nitrogens with one attached hydrogen (secondary N) is 1. The van der Waals surface area contributed by atoms with Crippen LogP contribution in [-0.4, -0.2) is 25.7 Å². The SMILES string of the molecule is Cc1cc(NC(=O)c2nc3ccccc3s2)n(-c2nc3cc4c(cc3s2)CCCC4)n1. The van der Waals surface area contributed by atoms with Crippen LogP contribution in [0.25, 0.3) is 25.6 Å². The number of thiazole rings is 2. The van der Waals surface area contributed by atoms with Crippen LogP contribution in [0.15, 0.2) is 42.5 Å². The minimum absolute atomic E-state index is 0.237. The van der Waals surface area contributed by atoms with Gasteiger partial charge in [-0.15, -0.1) is 11.3 Å². The monoisotopic (exact) mass is 445 g/mol. The van der Waals surface area contributed by atoms with E-state index in [4.69, 9.17) is 4.98 Å². The van der Waals surface area contributed by atoms with Gasteiger partial charge in [-0.1, -0.05) is 23.5 Å². The smallest absolute Gasteiger partial charge is 0.285 e. The van der Waals surface area contributed by atoms with E-state index in [2.05, 4.69) is 27.5 Å². The molecule has 1 aliphatic rings. The number of carbonyl (C=O) groups excluding carboxylic acids is 1. The highest BCUT2D eigenvalue weighted by atomic mass is 32.1. The fraction of sp³-hybridized carbons (Fsp3) is 0.217. The Kier molecular flexibility index (Phi) is 4.36. The molecule has 0 spiro atoms. The maximum Gasteiger partial charge on any atom is 0.285 e. The lowest BCUT2D eigenvalue weighted by molar-refractivity contribution is 0.102. The van der Waals surface area contributed by atoms with Crippen LogP contribution in [-0.2, 0) is 12.8 Å². The fourth-order valence-electron chi connectivity index (χ4n) is 4.11. The summed E-state index contributed by atoms with van der Waals surface area (Å²) in [6, 6.07) is 14.1. The molecule has 0 saturated heterocycles. The van der Waals surface area contributed by atoms with Crippen LogP contribution in [0.3, 0.4) is 0 Å². The lowest BCUT2D eigenvalue weighted by atomic mass is 9.92. The van der Waals surface area contributed by atoms with Gasteiger partial charge in [0.25, 0.3) is 5.91 Å². The number of benzene rings is 2. The van der Waals surface area contributed by atoms with E-state index >= 15 is 0 Å². The number of anilines is 1. The number of hydrogen-bond donors (Lipinski definition) is 1. The number of carbonyl (C=O) groups is 1. The maximum absolute atomic E-state index is 12.9. The van der Waals surface area contributed by atoms with E-state index in [-0.39, 0.29) is 5.91 Å². The molecule has 0 fully saturated rings. The van der Waals surface area contributed by atoms with Crippen molar-refractivity contribution in [3.05, 3.63) is 64.3 Å². The Balaban J connectivity index is 1.36. The molecule has 8 heteroatoms. The quantitative estimate of drug-likeness (QED) is 0.396. The summed E-state index contributed by atoms with van der Waals surface area (Å²) in [4.78, 5) is 22.2. The second kappa shape index (κ2) is 7.25. The molecular formula is C23H19N5OS2. The molecule has 0 bridgehead atoms. The highest BCUT2D eigenvalue weighted by Crippen LogP contribution is 2.32. The number of aromatic nitrogens is 4. The Morgan fingerprint density at radius 3 is 2.61 bits per heavy atom. The van der Waals surface area contributed by atoms with Gasteiger partial charge < -0.3 is 5.32 Å². The highest BCUT2D eigenvalue weighted by molar-refractivity contribution is 7.21. The topological polar surface area (TPSA) is 72.7 Å². The molecule has 5 aromatic rings. The van der Waals surface area contributed by atoms with Gasteiger partial charge in [0.05, 0.1) is 26.1 Å². The third-order valence-corrected chi connectivity index (χ3v) is 7.61. The number of rotatable bonds is 3. The molecule has 6 nitrogen and oxygen atoms in total. The molecule has 1 aliphatic carbocycles. The molecule has 0 saturated carbocycles. The van der Waals surface area contributed by atoms with Crippen molar-refractivity contribution in [1.82, 2.24) is 19.7 Å². The van der Waals surface area contributed by atoms with E-state index in [0.717, 1.165) is 44.1 Å². The number of nitrogens with zero attached hydrogens (tertiary/aromatic N) is 4. The largest absolute Gasteiger partial charge is 0.304 e. The first kappa shape index (κ1) is 18.7. The predicted molar refractivity (Wildman–Crippen MR) is 126 cm³/mol. The second-order valence-electron chi connectivity index (χ2n) is 7.82. The zero-order chi connectivity index (χ0) is 20.9. The third kappa shape index (κ3) is 3.32. The molecule has 2 aromatic carbocycles. The van der Waals surface area contributed by atoms with Gasteiger partial charge in [0.15, 0.2) is 5.01 Å². The summed E-state index contributed by atoms with van der Waals surface area (Å²) in [5.74, 6) is 0.365. The predicted octanol–water partition coefficient (Wildman–Crippen LogP) is 5.53. The van der Waals surface area contributed by atoms with Gasteiger partial charge >= 0.3 is 0 Å². The summed E-state index contributed by atoms with van der Waals surface area (Å²) in [6.45, 7) is 1.91. The van der Waals surface area contributed by atoms with Crippen LogP contribution in [0.4, 0.5) is 5.82 Å². The number of amides is 1. The second-order valence-corrected chi connectivity index (χ2v) is 9.86. The van der Waals surface area contributed by atoms with Gasteiger partial charge in [-0.2, -0.15) is 9.78 Å². The van der Waals surface area contributed by atoms with Crippen LogP contribution >= 0.6 is 22.7 Å². The summed E-state index contributed by atoms with van der Waals surface area (Å²) < 4.78 is 3.88. The van der Waals surface area contributed by atoms with Gasteiger partial charge in [0, 0.05) is 6.07 Å². The van der Waals surface area contributed by atoms with Gasteiger partial charge in [0.1, 0.15) is 5.82 Å². The Morgan fingerprint density at radius 1 is 0.968 bits per heavy atom. The molecule has 0 aliphatic heterocycles. The van der Waals surface area contributed by atoms with Crippen molar-refractivity contribution >= 4 is 54.8 Å². The van der Waals surface area contributed by atoms with Crippen molar-refractivity contribution in [3.63, 3.8) is 0 Å². The molecule has 6 rings (SSSR count). The molecule has 0 unspecified atom stereocenters. The van der Waals surface area contributed by atoms with Crippen molar-refractivity contribution in [2.24, 2.45) is 0 Å². The summed E-state index contributed by atoms with van der Waals surface area (Å²) in [7, 11) is 0. The normalized spacial score (nSPS) is 13.6. The average molecular weight is 446 g/mol. The van der Waals surface area contributed by atoms with Crippen LogP contribution in [0.2, 0.25) is 0 Å². The zero-order valence-corrected chi connectivity index (χ0v) is 18.5. The summed E-state index contributed by atoms with van der Waals surface area (Å²) in [6.07, 6.45) is 4.77. The van der Waals surface area contributed by atoms with Crippen molar-refractivity contribution in [3.8, 4) is 5.13 Å². The standard InChI is InChI=1S/C23H19N5OS2/c1-13-10-20(26-21(29)22-24-16-8-4-5-9-18(16)30-22)28(27-13)23-25-17-11-14-6-2-3-7-15(14)12-19(17)31-23/h4-5,8-12H,2-3,6-7H2,1H3,(H,26,29). The highest BCUT2D eigenvalue weighted by Gasteiger charge is 2.19. The molecule has 0 radical (unpaired) electrons. The van der Waals surface area contributed by atoms with E-state index in [0.29, 0.717) is 10.8 Å². The van der Waals surface area contributed by atoms with Gasteiger partial charge in [-0.05, 0) is 68.0 Å². The van der Waals surface area contributed by atoms with Gasteiger partial charge in [-0.3, -0.25) is 4.79 Å². The van der Waals surface area contributed by atoms with Crippen LogP contribution in [0.1, 0.15) is 39.5 Å². The van der Waals surface area contributed by atoms with Gasteiger partial charge in [0.2, 0.25) is 5.13 Å². The van der Waals surface area contributed by atoms with E-state index in [9.17, 15) is 4.79 Å². The van der Waals surface area contributed by atoms with Gasteiger partial charge in [-0.25, -0.2) is 9.97 Å². The molecule has 0 atom stereocenters. The number of aryl methyl sites for hydroxylation is 3. The Hall–Kier alpha value is -3.10. The van der Waals surface area contributed by atoms with E-state index in [1.165, 1.54) is 35.3 Å². The van der Waals surface area contributed by atoms with Crippen LogP contribution in [0, 0.1) is 6.92 Å². The Bertz CT molecular complexity index is 1390. The molecule has 31 heavy (non-hydrogen) atoms. The first-order valence-electron chi connectivity index (χ1n) is 10.3. The van der Waals surface area contributed by atoms with Crippen LogP contribution in [0.5, 0.6) is 0 Å². The minimum atomic E-state index is -0.237. The van der Waals surface area contributed by atoms with Crippen molar-refractivity contribution in [2.75, 3.05) is 5.32 Å². The molecule has 3 aromatic heterocycles. The van der Waals surface area contributed by atoms with E-state index in [1.807, 2.05) is 37.3 Å². The summed E-state index contributed by atoms with van der Waals surface area (Å²) in [5, 5.41) is 8.77. The average Bonchev–Trinajstić information content (AvgIpc) is 3.47. The maximum atomic E-state index is 12.9. The Morgan fingerprint density at radius 2 is 1.77 bits per heavy atom. The van der Waals surface area contributed by atoms with E-state index in [1.54, 1.807) is 16.0 Å². The Labute approximate surface area is 186 Å². The molecule has 3 heterocycles. The first-order valence-corrected chi connectivity index (χ1v) is 11.9. The van der Waals surface area contributed by atoms with Crippen molar-refractivity contribution in [2.45, 2.75) is 32.6 Å². The number of hydrogen-bond acceptors (Lipinski definition) is 6. The molecular weight excluding hydrogens is 426 g/mol. The minimum Gasteiger partial charge on any atom is -0.304 e. The molecule has 1 N–H and O–H groups in total. The lowest BCUT2D eigenvalue weighted by Gasteiger charge is -2.14. The van der Waals surface area contributed by atoms with E-state index < -0.39 is 0 Å². The number of fused-ring (bicyclic) bond motifs is 3. The fourth-order valence-corrected chi connectivity index (χ4v) is 5.95. The summed E-state index contributed by atoms with van der Waals surface area (Å²) in [5.41, 5.74) is 5.50. The van der Waals surface area contributed by atoms with Crippen LogP contribution < -0.4 is 5.32 Å². The zero-order valence-electron chi connectivity index (χ0n) is 16.9. The number of para-hydroxylation sites is 1. The molecule has 1 amide bonds. The summed E-state index contributed by atoms with van der Waals surface area (Å²) >= 11 is 2.99. The molecule has 154 valence electrons.